The topological polar surface area (TPSA) is 23.6 Å². The van der Waals surface area contributed by atoms with Crippen molar-refractivity contribution in [1.29, 1.82) is 0 Å². The molecule has 1 amide bonds. The maximum absolute atomic E-state index is 12.3. The highest BCUT2D eigenvalue weighted by molar-refractivity contribution is 5.94. The molecule has 0 bridgehead atoms. The van der Waals surface area contributed by atoms with Crippen LogP contribution in [0.4, 0.5) is 0 Å². The van der Waals surface area contributed by atoms with Gasteiger partial charge < -0.3 is 9.80 Å². The van der Waals surface area contributed by atoms with Gasteiger partial charge in [-0.05, 0) is 30.7 Å². The van der Waals surface area contributed by atoms with Crippen molar-refractivity contribution < 1.29 is 4.79 Å². The van der Waals surface area contributed by atoms with Crippen LogP contribution in [0.1, 0.15) is 63.4 Å². The van der Waals surface area contributed by atoms with E-state index in [-0.39, 0.29) is 5.91 Å². The van der Waals surface area contributed by atoms with Crippen LogP contribution < -0.4 is 0 Å². The molecule has 0 unspecified atom stereocenters. The standard InChI is InChI=1S/C15H22N2O.2C2H6/c1-12(2)13-4-6-14(7-5-13)15(18)17-10-8-16(3)9-11-17;2*1-2/h4-7,12H,8-11H2,1-3H3;2*1-2H3. The molecule has 2 rings (SSSR count). The normalized spacial score (nSPS) is 14.6. The molecular formula is C19H34N2O. The van der Waals surface area contributed by atoms with Crippen molar-refractivity contribution in [2.75, 3.05) is 33.2 Å². The summed E-state index contributed by atoms with van der Waals surface area (Å²) in [7, 11) is 2.10. The molecule has 0 saturated carbocycles. The number of hydrogen-bond donors (Lipinski definition) is 0. The Labute approximate surface area is 137 Å². The van der Waals surface area contributed by atoms with Crippen LogP contribution in [-0.2, 0) is 0 Å². The fourth-order valence-electron chi connectivity index (χ4n) is 2.20. The van der Waals surface area contributed by atoms with Crippen LogP contribution in [0.15, 0.2) is 24.3 Å². The quantitative estimate of drug-likeness (QED) is 0.815. The predicted octanol–water partition coefficient (Wildman–Crippen LogP) is 4.25. The Morgan fingerprint density at radius 3 is 1.77 bits per heavy atom. The van der Waals surface area contributed by atoms with Gasteiger partial charge in [-0.3, -0.25) is 4.79 Å². The lowest BCUT2D eigenvalue weighted by Crippen LogP contribution is -2.47. The fraction of sp³-hybridized carbons (Fsp3) is 0.632. The summed E-state index contributed by atoms with van der Waals surface area (Å²) in [5, 5.41) is 0. The van der Waals surface area contributed by atoms with E-state index in [1.165, 1.54) is 5.56 Å². The van der Waals surface area contributed by atoms with E-state index in [1.54, 1.807) is 0 Å². The van der Waals surface area contributed by atoms with Crippen LogP contribution in [0.3, 0.4) is 0 Å². The van der Waals surface area contributed by atoms with Gasteiger partial charge in [-0.25, -0.2) is 0 Å². The largest absolute Gasteiger partial charge is 0.336 e. The minimum Gasteiger partial charge on any atom is -0.336 e. The van der Waals surface area contributed by atoms with Gasteiger partial charge in [-0.15, -0.1) is 0 Å². The van der Waals surface area contributed by atoms with E-state index < -0.39 is 0 Å². The molecule has 0 radical (unpaired) electrons. The summed E-state index contributed by atoms with van der Waals surface area (Å²) < 4.78 is 0. The number of carbonyl (C=O) groups excluding carboxylic acids is 1. The molecule has 126 valence electrons. The Morgan fingerprint density at radius 1 is 0.909 bits per heavy atom. The molecule has 0 aromatic heterocycles. The molecular weight excluding hydrogens is 272 g/mol. The highest BCUT2D eigenvalue weighted by atomic mass is 16.2. The highest BCUT2D eigenvalue weighted by Gasteiger charge is 2.20. The van der Waals surface area contributed by atoms with Gasteiger partial charge in [0, 0.05) is 31.7 Å². The Kier molecular flexibility index (Phi) is 10.6. The van der Waals surface area contributed by atoms with Gasteiger partial charge in [0.2, 0.25) is 0 Å². The Hall–Kier alpha value is -1.35. The van der Waals surface area contributed by atoms with Crippen molar-refractivity contribution in [1.82, 2.24) is 9.80 Å². The van der Waals surface area contributed by atoms with Crippen molar-refractivity contribution in [2.45, 2.75) is 47.5 Å². The molecule has 0 atom stereocenters. The number of likely N-dealkylation sites (N-methyl/N-ethyl adjacent to an activating group) is 1. The molecule has 1 aliphatic rings. The maximum atomic E-state index is 12.3. The van der Waals surface area contributed by atoms with E-state index >= 15 is 0 Å². The van der Waals surface area contributed by atoms with Crippen molar-refractivity contribution >= 4 is 5.91 Å². The van der Waals surface area contributed by atoms with E-state index in [2.05, 4.69) is 37.9 Å². The zero-order valence-corrected chi connectivity index (χ0v) is 15.5. The molecule has 1 aromatic carbocycles. The van der Waals surface area contributed by atoms with Gasteiger partial charge in [0.1, 0.15) is 0 Å². The second-order valence-corrected chi connectivity index (χ2v) is 5.37. The van der Waals surface area contributed by atoms with Crippen LogP contribution >= 0.6 is 0 Å². The molecule has 0 aliphatic carbocycles. The van der Waals surface area contributed by atoms with E-state index in [1.807, 2.05) is 44.7 Å². The molecule has 3 heteroatoms. The minimum absolute atomic E-state index is 0.165. The Balaban J connectivity index is 0.00000102. The van der Waals surface area contributed by atoms with Crippen molar-refractivity contribution in [3.05, 3.63) is 35.4 Å². The van der Waals surface area contributed by atoms with E-state index in [0.717, 1.165) is 31.7 Å². The molecule has 1 saturated heterocycles. The predicted molar refractivity (Wildman–Crippen MR) is 96.6 cm³/mol. The van der Waals surface area contributed by atoms with Gasteiger partial charge in [-0.2, -0.15) is 0 Å². The second kappa shape index (κ2) is 11.2. The first-order chi connectivity index (χ1) is 10.6. The number of hydrogen-bond acceptors (Lipinski definition) is 2. The molecule has 1 aliphatic heterocycles. The average Bonchev–Trinajstić information content (AvgIpc) is 2.58. The lowest BCUT2D eigenvalue weighted by molar-refractivity contribution is 0.0664. The summed E-state index contributed by atoms with van der Waals surface area (Å²) >= 11 is 0. The number of amides is 1. The molecule has 0 N–H and O–H groups in total. The van der Waals surface area contributed by atoms with Gasteiger partial charge in [0.15, 0.2) is 0 Å². The van der Waals surface area contributed by atoms with E-state index in [4.69, 9.17) is 0 Å². The molecule has 3 nitrogen and oxygen atoms in total. The summed E-state index contributed by atoms with van der Waals surface area (Å²) in [6.45, 7) is 15.9. The molecule has 1 aromatic rings. The summed E-state index contributed by atoms with van der Waals surface area (Å²) in [6.07, 6.45) is 0. The average molecular weight is 306 g/mol. The molecule has 1 fully saturated rings. The minimum atomic E-state index is 0.165. The highest BCUT2D eigenvalue weighted by Crippen LogP contribution is 2.16. The molecule has 0 spiro atoms. The summed E-state index contributed by atoms with van der Waals surface area (Å²) in [5.41, 5.74) is 2.09. The van der Waals surface area contributed by atoms with Crippen LogP contribution in [-0.4, -0.2) is 48.9 Å². The third-order valence-corrected chi connectivity index (χ3v) is 3.61. The molecule has 22 heavy (non-hydrogen) atoms. The van der Waals surface area contributed by atoms with E-state index in [9.17, 15) is 4.79 Å². The number of piperazine rings is 1. The van der Waals surface area contributed by atoms with Crippen LogP contribution in [0.25, 0.3) is 0 Å². The zero-order chi connectivity index (χ0) is 17.1. The summed E-state index contributed by atoms with van der Waals surface area (Å²) in [4.78, 5) is 16.5. The van der Waals surface area contributed by atoms with Crippen LogP contribution in [0.5, 0.6) is 0 Å². The maximum Gasteiger partial charge on any atom is 0.253 e. The Bertz CT molecular complexity index is 404. The monoisotopic (exact) mass is 306 g/mol. The van der Waals surface area contributed by atoms with Crippen molar-refractivity contribution in [3.8, 4) is 0 Å². The summed E-state index contributed by atoms with van der Waals surface area (Å²) in [6, 6.07) is 8.04. The van der Waals surface area contributed by atoms with Gasteiger partial charge >= 0.3 is 0 Å². The van der Waals surface area contributed by atoms with Gasteiger partial charge in [-0.1, -0.05) is 53.7 Å². The number of benzene rings is 1. The number of rotatable bonds is 2. The number of carbonyl (C=O) groups is 1. The summed E-state index contributed by atoms with van der Waals surface area (Å²) in [5.74, 6) is 0.677. The zero-order valence-electron chi connectivity index (χ0n) is 15.5. The third-order valence-electron chi connectivity index (χ3n) is 3.61. The number of nitrogens with zero attached hydrogens (tertiary/aromatic N) is 2. The fourth-order valence-corrected chi connectivity index (χ4v) is 2.20. The Morgan fingerprint density at radius 2 is 1.36 bits per heavy atom. The van der Waals surface area contributed by atoms with Crippen LogP contribution in [0.2, 0.25) is 0 Å². The lowest BCUT2D eigenvalue weighted by Gasteiger charge is -2.32. The van der Waals surface area contributed by atoms with Gasteiger partial charge in [0.05, 0.1) is 0 Å². The van der Waals surface area contributed by atoms with Gasteiger partial charge in [0.25, 0.3) is 5.91 Å². The third kappa shape index (κ3) is 6.18. The smallest absolute Gasteiger partial charge is 0.253 e. The first-order valence-electron chi connectivity index (χ1n) is 8.65. The SMILES string of the molecule is CC.CC.CC(C)c1ccc(C(=O)N2CCN(C)CC2)cc1. The second-order valence-electron chi connectivity index (χ2n) is 5.37. The lowest BCUT2D eigenvalue weighted by atomic mass is 10.0. The first-order valence-corrected chi connectivity index (χ1v) is 8.65. The van der Waals surface area contributed by atoms with E-state index in [0.29, 0.717) is 5.92 Å². The van der Waals surface area contributed by atoms with Crippen molar-refractivity contribution in [2.24, 2.45) is 0 Å². The molecule has 1 heterocycles. The van der Waals surface area contributed by atoms with Crippen molar-refractivity contribution in [3.63, 3.8) is 0 Å². The van der Waals surface area contributed by atoms with Crippen LogP contribution in [0, 0.1) is 0 Å². The first kappa shape index (κ1) is 20.6.